The van der Waals surface area contributed by atoms with Gasteiger partial charge in [0.15, 0.2) is 12.6 Å². The van der Waals surface area contributed by atoms with Gasteiger partial charge in [-0.1, -0.05) is 12.8 Å². The summed E-state index contributed by atoms with van der Waals surface area (Å²) in [5.74, 6) is -0.673. The average Bonchev–Trinajstić information content (AvgIpc) is 2.30. The second-order valence-electron chi connectivity index (χ2n) is 4.51. The minimum atomic E-state index is -0.486. The molecule has 0 aliphatic heterocycles. The van der Waals surface area contributed by atoms with E-state index in [2.05, 4.69) is 0 Å². The van der Waals surface area contributed by atoms with Crippen molar-refractivity contribution >= 4 is 11.9 Å². The average molecular weight is 290 g/mol. The summed E-state index contributed by atoms with van der Waals surface area (Å²) in [5.41, 5.74) is 0. The Hall–Kier alpha value is -1.14. The van der Waals surface area contributed by atoms with E-state index in [0.717, 1.165) is 25.7 Å². The highest BCUT2D eigenvalue weighted by Crippen LogP contribution is 2.04. The van der Waals surface area contributed by atoms with Gasteiger partial charge in [0.2, 0.25) is 0 Å². The van der Waals surface area contributed by atoms with Crippen LogP contribution >= 0.6 is 0 Å². The summed E-state index contributed by atoms with van der Waals surface area (Å²) in [6.07, 6.45) is 2.87. The number of ether oxygens (including phenoxy) is 4. The topological polar surface area (TPSA) is 71.1 Å². The van der Waals surface area contributed by atoms with Gasteiger partial charge < -0.3 is 18.9 Å². The molecule has 6 nitrogen and oxygen atoms in total. The third-order valence-corrected chi connectivity index (χ3v) is 2.41. The van der Waals surface area contributed by atoms with Gasteiger partial charge in [-0.25, -0.2) is 0 Å². The van der Waals surface area contributed by atoms with E-state index >= 15 is 0 Å². The van der Waals surface area contributed by atoms with Crippen LogP contribution < -0.4 is 0 Å². The molecule has 0 aromatic carbocycles. The molecule has 2 atom stereocenters. The zero-order valence-electron chi connectivity index (χ0n) is 12.8. The Morgan fingerprint density at radius 3 is 1.40 bits per heavy atom. The molecule has 0 heterocycles. The van der Waals surface area contributed by atoms with Crippen molar-refractivity contribution in [3.63, 3.8) is 0 Å². The van der Waals surface area contributed by atoms with Crippen molar-refractivity contribution in [2.75, 3.05) is 13.2 Å². The lowest BCUT2D eigenvalue weighted by molar-refractivity contribution is -0.173. The van der Waals surface area contributed by atoms with E-state index < -0.39 is 12.6 Å². The number of esters is 2. The maximum absolute atomic E-state index is 10.6. The van der Waals surface area contributed by atoms with Crippen LogP contribution in [0.5, 0.6) is 0 Å². The molecule has 0 saturated heterocycles. The van der Waals surface area contributed by atoms with Crippen molar-refractivity contribution in [2.45, 2.75) is 66.0 Å². The Bertz CT molecular complexity index is 251. The molecule has 2 unspecified atom stereocenters. The molecule has 0 amide bonds. The van der Waals surface area contributed by atoms with Crippen LogP contribution in [-0.2, 0) is 28.5 Å². The van der Waals surface area contributed by atoms with Crippen molar-refractivity contribution in [3.05, 3.63) is 0 Å². The summed E-state index contributed by atoms with van der Waals surface area (Å²) in [6.45, 7) is 7.25. The third kappa shape index (κ3) is 13.3. The van der Waals surface area contributed by atoms with Gasteiger partial charge >= 0.3 is 11.9 Å². The van der Waals surface area contributed by atoms with Crippen LogP contribution in [0, 0.1) is 0 Å². The van der Waals surface area contributed by atoms with Crippen LogP contribution in [-0.4, -0.2) is 37.7 Å². The molecule has 0 rings (SSSR count). The van der Waals surface area contributed by atoms with E-state index in [1.807, 2.05) is 0 Å². The molecule has 0 aromatic rings. The first-order valence-corrected chi connectivity index (χ1v) is 6.99. The standard InChI is InChI=1S/C14H26O6/c1-11(15)19-13(3)17-9-7-5-6-8-10-18-14(4)20-12(2)16/h13-14H,5-10H2,1-4H3. The van der Waals surface area contributed by atoms with Gasteiger partial charge in [-0.2, -0.15) is 0 Å². The predicted octanol–water partition coefficient (Wildman–Crippen LogP) is 2.40. The van der Waals surface area contributed by atoms with Gasteiger partial charge in [-0.15, -0.1) is 0 Å². The highest BCUT2D eigenvalue weighted by atomic mass is 16.7. The second kappa shape index (κ2) is 11.7. The highest BCUT2D eigenvalue weighted by molar-refractivity contribution is 5.66. The molecule has 0 aliphatic rings. The summed E-state index contributed by atoms with van der Waals surface area (Å²) in [4.78, 5) is 21.3. The SMILES string of the molecule is CC(=O)OC(C)OCCCCCCOC(C)OC(C)=O. The number of carbonyl (C=O) groups excluding carboxylic acids is 2. The maximum Gasteiger partial charge on any atom is 0.304 e. The van der Waals surface area contributed by atoms with Gasteiger partial charge in [0, 0.05) is 13.8 Å². The predicted molar refractivity (Wildman–Crippen MR) is 72.8 cm³/mol. The van der Waals surface area contributed by atoms with E-state index in [4.69, 9.17) is 18.9 Å². The van der Waals surface area contributed by atoms with E-state index in [1.165, 1.54) is 13.8 Å². The smallest absolute Gasteiger partial charge is 0.304 e. The van der Waals surface area contributed by atoms with Crippen molar-refractivity contribution in [1.82, 2.24) is 0 Å². The van der Waals surface area contributed by atoms with Crippen LogP contribution in [0.4, 0.5) is 0 Å². The first-order valence-electron chi connectivity index (χ1n) is 6.99. The molecule has 0 fully saturated rings. The number of unbranched alkanes of at least 4 members (excludes halogenated alkanes) is 3. The maximum atomic E-state index is 10.6. The summed E-state index contributed by atoms with van der Waals surface area (Å²) in [7, 11) is 0. The van der Waals surface area contributed by atoms with Crippen LogP contribution in [0.1, 0.15) is 53.4 Å². The van der Waals surface area contributed by atoms with Crippen LogP contribution in [0.3, 0.4) is 0 Å². The number of carbonyl (C=O) groups is 2. The van der Waals surface area contributed by atoms with E-state index in [-0.39, 0.29) is 11.9 Å². The quantitative estimate of drug-likeness (QED) is 0.330. The largest absolute Gasteiger partial charge is 0.436 e. The van der Waals surface area contributed by atoms with Crippen LogP contribution in [0.15, 0.2) is 0 Å². The summed E-state index contributed by atoms with van der Waals surface area (Å²) >= 11 is 0. The normalized spacial score (nSPS) is 13.6. The lowest BCUT2D eigenvalue weighted by Crippen LogP contribution is -2.17. The molecule has 0 radical (unpaired) electrons. The summed E-state index contributed by atoms with van der Waals surface area (Å²) < 4.78 is 20.3. The van der Waals surface area contributed by atoms with Gasteiger partial charge in [0.1, 0.15) is 0 Å². The van der Waals surface area contributed by atoms with E-state index in [9.17, 15) is 9.59 Å². The molecule has 0 bridgehead atoms. The number of hydrogen-bond acceptors (Lipinski definition) is 6. The van der Waals surface area contributed by atoms with Crippen molar-refractivity contribution in [1.29, 1.82) is 0 Å². The van der Waals surface area contributed by atoms with Gasteiger partial charge in [-0.05, 0) is 26.7 Å². The second-order valence-corrected chi connectivity index (χ2v) is 4.51. The molecule has 0 saturated carbocycles. The molecule has 6 heteroatoms. The van der Waals surface area contributed by atoms with Crippen LogP contribution in [0.25, 0.3) is 0 Å². The van der Waals surface area contributed by atoms with Gasteiger partial charge in [0.25, 0.3) is 0 Å². The molecular weight excluding hydrogens is 264 g/mol. The Kier molecular flexibility index (Phi) is 11.0. The fourth-order valence-electron chi connectivity index (χ4n) is 1.59. The molecule has 118 valence electrons. The summed E-state index contributed by atoms with van der Waals surface area (Å²) in [6, 6.07) is 0. The van der Waals surface area contributed by atoms with Crippen molar-refractivity contribution in [3.8, 4) is 0 Å². The van der Waals surface area contributed by atoms with Crippen molar-refractivity contribution in [2.24, 2.45) is 0 Å². The first kappa shape index (κ1) is 18.9. The Morgan fingerprint density at radius 2 is 1.10 bits per heavy atom. The monoisotopic (exact) mass is 290 g/mol. The minimum absolute atomic E-state index is 0.337. The van der Waals surface area contributed by atoms with E-state index in [1.54, 1.807) is 13.8 Å². The van der Waals surface area contributed by atoms with Gasteiger partial charge in [-0.3, -0.25) is 9.59 Å². The lowest BCUT2D eigenvalue weighted by atomic mass is 10.2. The van der Waals surface area contributed by atoms with Crippen LogP contribution in [0.2, 0.25) is 0 Å². The zero-order chi connectivity index (χ0) is 15.4. The molecule has 0 aliphatic carbocycles. The molecule has 20 heavy (non-hydrogen) atoms. The zero-order valence-corrected chi connectivity index (χ0v) is 12.8. The lowest BCUT2D eigenvalue weighted by Gasteiger charge is -2.13. The fraction of sp³-hybridized carbons (Fsp3) is 0.857. The Balaban J connectivity index is 3.28. The summed E-state index contributed by atoms with van der Waals surface area (Å²) in [5, 5.41) is 0. The molecule has 0 spiro atoms. The molecular formula is C14H26O6. The molecule has 0 N–H and O–H groups in total. The Labute approximate surface area is 120 Å². The number of hydrogen-bond donors (Lipinski definition) is 0. The minimum Gasteiger partial charge on any atom is -0.436 e. The fourth-order valence-corrected chi connectivity index (χ4v) is 1.59. The highest BCUT2D eigenvalue weighted by Gasteiger charge is 2.05. The van der Waals surface area contributed by atoms with Gasteiger partial charge in [0.05, 0.1) is 13.2 Å². The third-order valence-electron chi connectivity index (χ3n) is 2.41. The van der Waals surface area contributed by atoms with Crippen molar-refractivity contribution < 1.29 is 28.5 Å². The number of rotatable bonds is 11. The van der Waals surface area contributed by atoms with E-state index in [0.29, 0.717) is 13.2 Å². The Morgan fingerprint density at radius 1 is 0.750 bits per heavy atom. The molecule has 0 aromatic heterocycles. The first-order chi connectivity index (χ1) is 9.41.